The molecule has 3 heteroatoms. The summed E-state index contributed by atoms with van der Waals surface area (Å²) in [5, 5.41) is 1.49. The van der Waals surface area contributed by atoms with Gasteiger partial charge in [0.2, 0.25) is 0 Å². The summed E-state index contributed by atoms with van der Waals surface area (Å²) in [6.07, 6.45) is 0. The minimum absolute atomic E-state index is 0.746. The number of hydrogen-bond donors (Lipinski definition) is 0. The van der Waals surface area contributed by atoms with Gasteiger partial charge in [0.05, 0.1) is 0 Å². The van der Waals surface area contributed by atoms with Gasteiger partial charge in [0.25, 0.3) is 0 Å². The standard InChI is InChI=1S/C22H14Cl2S/c23-18-10-6-15(7-11-18)20-14-21(16-4-2-1-3-5-16)25-22(20)17-8-12-19(24)13-9-17/h1-14H. The molecule has 3 aromatic carbocycles. The molecule has 0 aliphatic carbocycles. The van der Waals surface area contributed by atoms with E-state index in [0.717, 1.165) is 15.6 Å². The molecule has 25 heavy (non-hydrogen) atoms. The highest BCUT2D eigenvalue weighted by atomic mass is 35.5. The molecule has 0 N–H and O–H groups in total. The fraction of sp³-hybridized carbons (Fsp3) is 0. The molecule has 0 aliphatic rings. The lowest BCUT2D eigenvalue weighted by atomic mass is 10.0. The first-order valence-corrected chi connectivity index (χ1v) is 9.49. The maximum atomic E-state index is 6.06. The molecule has 0 radical (unpaired) electrons. The summed E-state index contributed by atoms with van der Waals surface area (Å²) in [6.45, 7) is 0. The van der Waals surface area contributed by atoms with Crippen LogP contribution in [0.4, 0.5) is 0 Å². The molecule has 122 valence electrons. The van der Waals surface area contributed by atoms with Gasteiger partial charge in [-0.05, 0) is 47.0 Å². The largest absolute Gasteiger partial charge is 0.135 e. The smallest absolute Gasteiger partial charge is 0.0427 e. The summed E-state index contributed by atoms with van der Waals surface area (Å²) in [4.78, 5) is 2.48. The van der Waals surface area contributed by atoms with Crippen LogP contribution in [0.25, 0.3) is 32.0 Å². The molecule has 4 rings (SSSR count). The fourth-order valence-electron chi connectivity index (χ4n) is 2.80. The maximum Gasteiger partial charge on any atom is 0.0427 e. The van der Waals surface area contributed by atoms with Crippen LogP contribution in [0.1, 0.15) is 0 Å². The van der Waals surface area contributed by atoms with Crippen LogP contribution in [0.15, 0.2) is 84.9 Å². The zero-order valence-electron chi connectivity index (χ0n) is 13.2. The molecule has 0 saturated carbocycles. The van der Waals surface area contributed by atoms with E-state index in [1.54, 1.807) is 11.3 Å². The number of halogens is 2. The Morgan fingerprint density at radius 2 is 1.12 bits per heavy atom. The van der Waals surface area contributed by atoms with Crippen molar-refractivity contribution in [3.05, 3.63) is 95.0 Å². The Morgan fingerprint density at radius 3 is 1.72 bits per heavy atom. The molecule has 1 heterocycles. The van der Waals surface area contributed by atoms with E-state index in [0.29, 0.717) is 0 Å². The van der Waals surface area contributed by atoms with Crippen LogP contribution in [0.3, 0.4) is 0 Å². The van der Waals surface area contributed by atoms with Gasteiger partial charge >= 0.3 is 0 Å². The Bertz CT molecular complexity index is 922. The molecule has 0 nitrogen and oxygen atoms in total. The van der Waals surface area contributed by atoms with Gasteiger partial charge in [-0.1, -0.05) is 77.8 Å². The van der Waals surface area contributed by atoms with E-state index in [9.17, 15) is 0 Å². The average Bonchev–Trinajstić information content (AvgIpc) is 3.09. The predicted octanol–water partition coefficient (Wildman–Crippen LogP) is 8.06. The summed E-state index contributed by atoms with van der Waals surface area (Å²) in [5.41, 5.74) is 4.76. The third-order valence-corrected chi connectivity index (χ3v) is 5.79. The molecule has 0 atom stereocenters. The van der Waals surface area contributed by atoms with E-state index < -0.39 is 0 Å². The summed E-state index contributed by atoms with van der Waals surface area (Å²) in [6, 6.07) is 28.7. The fourth-order valence-corrected chi connectivity index (χ4v) is 4.24. The highest BCUT2D eigenvalue weighted by molar-refractivity contribution is 7.19. The molecular formula is C22H14Cl2S. The van der Waals surface area contributed by atoms with Crippen LogP contribution in [-0.2, 0) is 0 Å². The van der Waals surface area contributed by atoms with Gasteiger partial charge in [-0.3, -0.25) is 0 Å². The van der Waals surface area contributed by atoms with Crippen LogP contribution in [0, 0.1) is 0 Å². The monoisotopic (exact) mass is 380 g/mol. The number of hydrogen-bond acceptors (Lipinski definition) is 1. The quantitative estimate of drug-likeness (QED) is 0.337. The lowest BCUT2D eigenvalue weighted by Crippen LogP contribution is -1.79. The number of thiophene rings is 1. The summed E-state index contributed by atoms with van der Waals surface area (Å²) >= 11 is 13.9. The van der Waals surface area contributed by atoms with Gasteiger partial charge in [-0.15, -0.1) is 11.3 Å². The van der Waals surface area contributed by atoms with E-state index in [4.69, 9.17) is 23.2 Å². The summed E-state index contributed by atoms with van der Waals surface area (Å²) < 4.78 is 0. The van der Waals surface area contributed by atoms with Crippen LogP contribution in [0.5, 0.6) is 0 Å². The second-order valence-electron chi connectivity index (χ2n) is 5.73. The number of benzene rings is 3. The van der Waals surface area contributed by atoms with Crippen molar-refractivity contribution < 1.29 is 0 Å². The third-order valence-electron chi connectivity index (χ3n) is 4.05. The minimum atomic E-state index is 0.746. The maximum absolute atomic E-state index is 6.06. The molecule has 0 unspecified atom stereocenters. The molecule has 1 aromatic heterocycles. The SMILES string of the molecule is Clc1ccc(-c2cc(-c3ccccc3)sc2-c2ccc(Cl)cc2)cc1. The Balaban J connectivity index is 1.89. The van der Waals surface area contributed by atoms with E-state index >= 15 is 0 Å². The molecule has 0 amide bonds. The Hall–Kier alpha value is -2.06. The highest BCUT2D eigenvalue weighted by Gasteiger charge is 2.14. The first kappa shape index (κ1) is 16.4. The van der Waals surface area contributed by atoms with Gasteiger partial charge in [0, 0.05) is 25.4 Å². The van der Waals surface area contributed by atoms with E-state index in [-0.39, 0.29) is 0 Å². The van der Waals surface area contributed by atoms with Crippen molar-refractivity contribution in [1.82, 2.24) is 0 Å². The third kappa shape index (κ3) is 3.50. The first-order chi connectivity index (χ1) is 12.2. The van der Waals surface area contributed by atoms with Gasteiger partial charge in [0.1, 0.15) is 0 Å². The van der Waals surface area contributed by atoms with Crippen molar-refractivity contribution in [3.8, 4) is 32.0 Å². The Morgan fingerprint density at radius 1 is 0.560 bits per heavy atom. The molecule has 0 saturated heterocycles. The van der Waals surface area contributed by atoms with Crippen LogP contribution < -0.4 is 0 Å². The van der Waals surface area contributed by atoms with Crippen molar-refractivity contribution in [3.63, 3.8) is 0 Å². The lowest BCUT2D eigenvalue weighted by molar-refractivity contribution is 1.64. The van der Waals surface area contributed by atoms with Crippen LogP contribution in [0.2, 0.25) is 10.0 Å². The topological polar surface area (TPSA) is 0 Å². The van der Waals surface area contributed by atoms with Crippen molar-refractivity contribution in [2.24, 2.45) is 0 Å². The molecule has 0 spiro atoms. The molecule has 0 bridgehead atoms. The molecular weight excluding hydrogens is 367 g/mol. The zero-order valence-corrected chi connectivity index (χ0v) is 15.6. The molecule has 4 aromatic rings. The Labute approximate surface area is 161 Å². The van der Waals surface area contributed by atoms with Crippen molar-refractivity contribution in [2.45, 2.75) is 0 Å². The van der Waals surface area contributed by atoms with Crippen molar-refractivity contribution >= 4 is 34.5 Å². The zero-order chi connectivity index (χ0) is 17.2. The lowest BCUT2D eigenvalue weighted by Gasteiger charge is -2.05. The van der Waals surface area contributed by atoms with Gasteiger partial charge in [-0.25, -0.2) is 0 Å². The minimum Gasteiger partial charge on any atom is -0.135 e. The summed E-state index contributed by atoms with van der Waals surface area (Å²) in [7, 11) is 0. The van der Waals surface area contributed by atoms with Crippen molar-refractivity contribution in [1.29, 1.82) is 0 Å². The molecule has 0 fully saturated rings. The van der Waals surface area contributed by atoms with Crippen LogP contribution in [-0.4, -0.2) is 0 Å². The first-order valence-electron chi connectivity index (χ1n) is 7.92. The molecule has 0 aliphatic heterocycles. The van der Waals surface area contributed by atoms with Gasteiger partial charge in [0.15, 0.2) is 0 Å². The van der Waals surface area contributed by atoms with Gasteiger partial charge < -0.3 is 0 Å². The highest BCUT2D eigenvalue weighted by Crippen LogP contribution is 2.43. The average molecular weight is 381 g/mol. The second-order valence-corrected chi connectivity index (χ2v) is 7.66. The Kier molecular flexibility index (Phi) is 4.63. The van der Waals surface area contributed by atoms with E-state index in [1.165, 1.54) is 26.4 Å². The normalized spacial score (nSPS) is 10.8. The van der Waals surface area contributed by atoms with Gasteiger partial charge in [-0.2, -0.15) is 0 Å². The van der Waals surface area contributed by atoms with Crippen LogP contribution >= 0.6 is 34.5 Å². The summed E-state index contributed by atoms with van der Waals surface area (Å²) in [5.74, 6) is 0. The van der Waals surface area contributed by atoms with E-state index in [2.05, 4.69) is 54.6 Å². The number of rotatable bonds is 3. The second kappa shape index (κ2) is 7.05. The van der Waals surface area contributed by atoms with Crippen molar-refractivity contribution in [2.75, 3.05) is 0 Å². The predicted molar refractivity (Wildman–Crippen MR) is 111 cm³/mol. The van der Waals surface area contributed by atoms with E-state index in [1.807, 2.05) is 30.3 Å².